The predicted octanol–water partition coefficient (Wildman–Crippen LogP) is 2.78. The molecule has 0 bridgehead atoms. The van der Waals surface area contributed by atoms with Crippen LogP contribution in [0.15, 0.2) is 41.8 Å². The van der Waals surface area contributed by atoms with E-state index in [4.69, 9.17) is 0 Å². The van der Waals surface area contributed by atoms with Gasteiger partial charge in [-0.25, -0.2) is 0 Å². The summed E-state index contributed by atoms with van der Waals surface area (Å²) >= 11 is 1.48. The molecule has 0 saturated carbocycles. The summed E-state index contributed by atoms with van der Waals surface area (Å²) in [7, 11) is 1.90. The Balaban J connectivity index is 1.49. The SMILES string of the molecule is CC(Sc1nncn1C)C(=O)N1CCC(Cc2ccccc2)CC1. The summed E-state index contributed by atoms with van der Waals surface area (Å²) in [6, 6.07) is 10.6. The first kappa shape index (κ1) is 17.0. The maximum Gasteiger partial charge on any atom is 0.235 e. The summed E-state index contributed by atoms with van der Waals surface area (Å²) in [5.41, 5.74) is 1.40. The molecule has 6 heteroatoms. The molecule has 0 radical (unpaired) electrons. The number of aryl methyl sites for hydroxylation is 1. The third-order valence-electron chi connectivity index (χ3n) is 4.59. The Labute approximate surface area is 147 Å². The van der Waals surface area contributed by atoms with Gasteiger partial charge in [0.25, 0.3) is 0 Å². The first-order chi connectivity index (χ1) is 11.6. The molecule has 24 heavy (non-hydrogen) atoms. The molecule has 0 N–H and O–H groups in total. The highest BCUT2D eigenvalue weighted by atomic mass is 32.2. The predicted molar refractivity (Wildman–Crippen MR) is 95.8 cm³/mol. The molecule has 1 atom stereocenters. The second-order valence-corrected chi connectivity index (χ2v) is 7.75. The summed E-state index contributed by atoms with van der Waals surface area (Å²) < 4.78 is 1.85. The van der Waals surface area contributed by atoms with Gasteiger partial charge in [0.1, 0.15) is 6.33 Å². The van der Waals surface area contributed by atoms with Gasteiger partial charge in [0.05, 0.1) is 5.25 Å². The number of piperidine rings is 1. The fourth-order valence-electron chi connectivity index (χ4n) is 3.15. The first-order valence-electron chi connectivity index (χ1n) is 8.47. The van der Waals surface area contributed by atoms with E-state index < -0.39 is 0 Å². The molecule has 3 rings (SSSR count). The highest BCUT2D eigenvalue weighted by Gasteiger charge is 2.27. The van der Waals surface area contributed by atoms with Crippen LogP contribution >= 0.6 is 11.8 Å². The van der Waals surface area contributed by atoms with Crippen molar-refractivity contribution in [2.24, 2.45) is 13.0 Å². The summed E-state index contributed by atoms with van der Waals surface area (Å²) in [6.07, 6.45) is 4.95. The van der Waals surface area contributed by atoms with E-state index in [0.717, 1.165) is 37.5 Å². The van der Waals surface area contributed by atoms with Gasteiger partial charge >= 0.3 is 0 Å². The van der Waals surface area contributed by atoms with Crippen LogP contribution in [0.3, 0.4) is 0 Å². The lowest BCUT2D eigenvalue weighted by Crippen LogP contribution is -2.42. The molecular weight excluding hydrogens is 320 g/mol. The fraction of sp³-hybridized carbons (Fsp3) is 0.500. The van der Waals surface area contributed by atoms with E-state index in [1.165, 1.54) is 17.3 Å². The summed E-state index contributed by atoms with van der Waals surface area (Å²) in [4.78, 5) is 14.7. The van der Waals surface area contributed by atoms with Crippen molar-refractivity contribution in [2.75, 3.05) is 13.1 Å². The number of carbonyl (C=O) groups excluding carboxylic acids is 1. The van der Waals surface area contributed by atoms with Crippen LogP contribution in [0.4, 0.5) is 0 Å². The van der Waals surface area contributed by atoms with Crippen LogP contribution in [0.5, 0.6) is 0 Å². The van der Waals surface area contributed by atoms with E-state index >= 15 is 0 Å². The minimum Gasteiger partial charge on any atom is -0.342 e. The number of hydrogen-bond donors (Lipinski definition) is 0. The topological polar surface area (TPSA) is 51.0 Å². The average Bonchev–Trinajstić information content (AvgIpc) is 3.00. The number of benzene rings is 1. The molecule has 5 nitrogen and oxygen atoms in total. The summed E-state index contributed by atoms with van der Waals surface area (Å²) in [5, 5.41) is 8.57. The summed E-state index contributed by atoms with van der Waals surface area (Å²) in [6.45, 7) is 3.68. The minimum atomic E-state index is -0.126. The molecule has 0 spiro atoms. The number of carbonyl (C=O) groups is 1. The maximum atomic E-state index is 12.6. The van der Waals surface area contributed by atoms with Crippen molar-refractivity contribution in [1.29, 1.82) is 0 Å². The van der Waals surface area contributed by atoms with Gasteiger partial charge in [0.15, 0.2) is 5.16 Å². The fourth-order valence-corrected chi connectivity index (χ4v) is 4.02. The molecule has 1 aliphatic rings. The van der Waals surface area contributed by atoms with Crippen LogP contribution in [0.1, 0.15) is 25.3 Å². The number of amides is 1. The Hall–Kier alpha value is -1.82. The highest BCUT2D eigenvalue weighted by molar-refractivity contribution is 8.00. The van der Waals surface area contributed by atoms with Crippen LogP contribution in [0.2, 0.25) is 0 Å². The normalized spacial score (nSPS) is 17.0. The molecule has 0 aliphatic carbocycles. The Morgan fingerprint density at radius 3 is 2.62 bits per heavy atom. The van der Waals surface area contributed by atoms with Gasteiger partial charge in [0.2, 0.25) is 5.91 Å². The van der Waals surface area contributed by atoms with Crippen LogP contribution < -0.4 is 0 Å². The van der Waals surface area contributed by atoms with Crippen LogP contribution in [0, 0.1) is 5.92 Å². The summed E-state index contributed by atoms with van der Waals surface area (Å²) in [5.74, 6) is 0.888. The van der Waals surface area contributed by atoms with Crippen LogP contribution in [-0.2, 0) is 18.3 Å². The average molecular weight is 344 g/mol. The van der Waals surface area contributed by atoms with E-state index in [1.807, 2.05) is 23.4 Å². The molecule has 1 amide bonds. The second-order valence-electron chi connectivity index (χ2n) is 6.44. The van der Waals surface area contributed by atoms with Gasteiger partial charge in [-0.15, -0.1) is 10.2 Å². The van der Waals surface area contributed by atoms with E-state index in [9.17, 15) is 4.79 Å². The van der Waals surface area contributed by atoms with E-state index in [0.29, 0.717) is 5.92 Å². The van der Waals surface area contributed by atoms with E-state index in [2.05, 4.69) is 40.5 Å². The number of thioether (sulfide) groups is 1. The van der Waals surface area contributed by atoms with Crippen LogP contribution in [-0.4, -0.2) is 43.9 Å². The zero-order valence-corrected chi connectivity index (χ0v) is 15.1. The smallest absolute Gasteiger partial charge is 0.235 e. The number of likely N-dealkylation sites (tertiary alicyclic amines) is 1. The third-order valence-corrected chi connectivity index (χ3v) is 5.73. The Kier molecular flexibility index (Phi) is 5.56. The van der Waals surface area contributed by atoms with Gasteiger partial charge in [-0.2, -0.15) is 0 Å². The standard InChI is InChI=1S/C18H24N4OS/c1-14(24-18-20-19-13-21(18)2)17(23)22-10-8-16(9-11-22)12-15-6-4-3-5-7-15/h3-7,13-14,16H,8-12H2,1-2H3. The third kappa shape index (κ3) is 4.17. The largest absolute Gasteiger partial charge is 0.342 e. The van der Waals surface area contributed by atoms with Gasteiger partial charge in [-0.05, 0) is 37.7 Å². The molecule has 1 aromatic carbocycles. The van der Waals surface area contributed by atoms with Gasteiger partial charge in [-0.1, -0.05) is 42.1 Å². The lowest BCUT2D eigenvalue weighted by molar-refractivity contribution is -0.131. The zero-order valence-electron chi connectivity index (χ0n) is 14.3. The molecule has 2 aromatic rings. The van der Waals surface area contributed by atoms with Crippen molar-refractivity contribution >= 4 is 17.7 Å². The zero-order chi connectivity index (χ0) is 16.9. The lowest BCUT2D eigenvalue weighted by Gasteiger charge is -2.33. The first-order valence-corrected chi connectivity index (χ1v) is 9.35. The molecule has 1 unspecified atom stereocenters. The quantitative estimate of drug-likeness (QED) is 0.783. The van der Waals surface area contributed by atoms with Gasteiger partial charge in [0, 0.05) is 20.1 Å². The molecule has 1 aromatic heterocycles. The number of hydrogen-bond acceptors (Lipinski definition) is 4. The Bertz CT molecular complexity index is 665. The molecular formula is C18H24N4OS. The monoisotopic (exact) mass is 344 g/mol. The number of aromatic nitrogens is 3. The van der Waals surface area contributed by atoms with Crippen LogP contribution in [0.25, 0.3) is 0 Å². The molecule has 1 fully saturated rings. The molecule has 1 aliphatic heterocycles. The van der Waals surface area contributed by atoms with Crippen molar-refractivity contribution in [1.82, 2.24) is 19.7 Å². The number of nitrogens with zero attached hydrogens (tertiary/aromatic N) is 4. The number of rotatable bonds is 5. The molecule has 128 valence electrons. The van der Waals surface area contributed by atoms with Crippen molar-refractivity contribution in [3.05, 3.63) is 42.2 Å². The highest BCUT2D eigenvalue weighted by Crippen LogP contribution is 2.26. The van der Waals surface area contributed by atoms with Crippen molar-refractivity contribution in [3.8, 4) is 0 Å². The Morgan fingerprint density at radius 1 is 1.29 bits per heavy atom. The van der Waals surface area contributed by atoms with Crippen molar-refractivity contribution in [2.45, 2.75) is 36.6 Å². The van der Waals surface area contributed by atoms with Crippen molar-refractivity contribution in [3.63, 3.8) is 0 Å². The molecule has 1 saturated heterocycles. The molecule has 2 heterocycles. The van der Waals surface area contributed by atoms with E-state index in [-0.39, 0.29) is 11.2 Å². The van der Waals surface area contributed by atoms with Gasteiger partial charge in [-0.3, -0.25) is 4.79 Å². The van der Waals surface area contributed by atoms with Gasteiger partial charge < -0.3 is 9.47 Å². The minimum absolute atomic E-state index is 0.126. The Morgan fingerprint density at radius 2 is 2.00 bits per heavy atom. The van der Waals surface area contributed by atoms with E-state index in [1.54, 1.807) is 6.33 Å². The maximum absolute atomic E-state index is 12.6. The second kappa shape index (κ2) is 7.83. The lowest BCUT2D eigenvalue weighted by atomic mass is 9.90. The van der Waals surface area contributed by atoms with Crippen molar-refractivity contribution < 1.29 is 4.79 Å².